The molecule has 148 valence electrons. The van der Waals surface area contributed by atoms with Crippen LogP contribution in [0.3, 0.4) is 0 Å². The van der Waals surface area contributed by atoms with E-state index in [1.807, 2.05) is 0 Å². The molecular weight excluding hydrogens is 332 g/mol. The third-order valence-electron chi connectivity index (χ3n) is 7.31. The molecule has 0 unspecified atom stereocenters. The summed E-state index contributed by atoms with van der Waals surface area (Å²) in [5.41, 5.74) is -0.978. The van der Waals surface area contributed by atoms with Crippen LogP contribution >= 0.6 is 0 Å². The van der Waals surface area contributed by atoms with Crippen LogP contribution in [0, 0.1) is 29.1 Å². The number of ketones is 1. The van der Waals surface area contributed by atoms with E-state index >= 15 is 0 Å². The van der Waals surface area contributed by atoms with E-state index in [4.69, 9.17) is 14.2 Å². The summed E-state index contributed by atoms with van der Waals surface area (Å²) in [4.78, 5) is 25.3. The summed E-state index contributed by atoms with van der Waals surface area (Å²) in [5.74, 6) is -0.00559. The SMILES string of the molecule is COC(=O)[C@]12CCCC(=O)[C@H]1C[C@@]2(OC)O[C@@H]1C[C@H](C)CC[C@H]1C(C)C. The van der Waals surface area contributed by atoms with E-state index in [1.165, 1.54) is 13.5 Å². The number of hydrogen-bond acceptors (Lipinski definition) is 5. The summed E-state index contributed by atoms with van der Waals surface area (Å²) in [7, 11) is 3.00. The van der Waals surface area contributed by atoms with Gasteiger partial charge in [0.2, 0.25) is 0 Å². The Morgan fingerprint density at radius 3 is 2.58 bits per heavy atom. The van der Waals surface area contributed by atoms with Crippen molar-refractivity contribution in [3.63, 3.8) is 0 Å². The van der Waals surface area contributed by atoms with E-state index in [9.17, 15) is 9.59 Å². The average molecular weight is 366 g/mol. The maximum Gasteiger partial charge on any atom is 0.318 e. The average Bonchev–Trinajstić information content (AvgIpc) is 2.60. The monoisotopic (exact) mass is 366 g/mol. The molecule has 0 N–H and O–H groups in total. The van der Waals surface area contributed by atoms with E-state index in [-0.39, 0.29) is 23.8 Å². The largest absolute Gasteiger partial charge is 0.468 e. The van der Waals surface area contributed by atoms with Gasteiger partial charge >= 0.3 is 5.97 Å². The van der Waals surface area contributed by atoms with Crippen molar-refractivity contribution in [1.82, 2.24) is 0 Å². The highest BCUT2D eigenvalue weighted by molar-refractivity contribution is 5.93. The molecule has 3 saturated carbocycles. The quantitative estimate of drug-likeness (QED) is 0.548. The molecule has 0 amide bonds. The molecule has 6 atom stereocenters. The summed E-state index contributed by atoms with van der Waals surface area (Å²) in [6.45, 7) is 6.73. The first-order valence-corrected chi connectivity index (χ1v) is 10.2. The smallest absolute Gasteiger partial charge is 0.318 e. The van der Waals surface area contributed by atoms with Crippen LogP contribution in [0.4, 0.5) is 0 Å². The molecule has 0 aromatic heterocycles. The van der Waals surface area contributed by atoms with Gasteiger partial charge in [0.1, 0.15) is 11.2 Å². The fraction of sp³-hybridized carbons (Fsp3) is 0.905. The summed E-state index contributed by atoms with van der Waals surface area (Å²) >= 11 is 0. The minimum atomic E-state index is -1.03. The maximum atomic E-state index is 12.9. The second-order valence-corrected chi connectivity index (χ2v) is 8.98. The molecule has 3 fully saturated rings. The Labute approximate surface area is 157 Å². The lowest BCUT2D eigenvalue weighted by Crippen LogP contribution is -2.73. The van der Waals surface area contributed by atoms with Crippen molar-refractivity contribution in [2.45, 2.75) is 77.6 Å². The van der Waals surface area contributed by atoms with E-state index in [2.05, 4.69) is 20.8 Å². The van der Waals surface area contributed by atoms with Crippen molar-refractivity contribution in [3.05, 3.63) is 0 Å². The zero-order valence-corrected chi connectivity index (χ0v) is 16.9. The van der Waals surface area contributed by atoms with Crippen LogP contribution in [0.25, 0.3) is 0 Å². The van der Waals surface area contributed by atoms with Crippen molar-refractivity contribution >= 4 is 11.8 Å². The predicted octanol–water partition coefficient (Wildman–Crippen LogP) is 3.74. The summed E-state index contributed by atoms with van der Waals surface area (Å²) in [5, 5.41) is 0. The number of esters is 1. The Kier molecular flexibility index (Phi) is 5.51. The fourth-order valence-electron chi connectivity index (χ4n) is 5.77. The maximum absolute atomic E-state index is 12.9. The number of rotatable bonds is 5. The molecule has 0 saturated heterocycles. The molecule has 0 aromatic rings. The highest BCUT2D eigenvalue weighted by Gasteiger charge is 2.75. The van der Waals surface area contributed by atoms with Crippen LogP contribution in [0.1, 0.15) is 65.7 Å². The van der Waals surface area contributed by atoms with E-state index in [0.29, 0.717) is 43.4 Å². The summed E-state index contributed by atoms with van der Waals surface area (Å²) in [6.07, 6.45) is 5.67. The molecular formula is C21H34O5. The van der Waals surface area contributed by atoms with Crippen molar-refractivity contribution in [2.75, 3.05) is 14.2 Å². The zero-order chi connectivity index (χ0) is 19.1. The van der Waals surface area contributed by atoms with Gasteiger partial charge in [-0.2, -0.15) is 0 Å². The lowest BCUT2D eigenvalue weighted by Gasteiger charge is -2.62. The van der Waals surface area contributed by atoms with Crippen LogP contribution in [0.5, 0.6) is 0 Å². The molecule has 3 aliphatic rings. The van der Waals surface area contributed by atoms with Crippen LogP contribution in [0.15, 0.2) is 0 Å². The molecule has 0 bridgehead atoms. The number of ether oxygens (including phenoxy) is 3. The lowest BCUT2D eigenvalue weighted by molar-refractivity contribution is -0.377. The van der Waals surface area contributed by atoms with Crippen molar-refractivity contribution in [3.8, 4) is 0 Å². The Morgan fingerprint density at radius 2 is 1.96 bits per heavy atom. The van der Waals surface area contributed by atoms with Gasteiger partial charge in [-0.25, -0.2) is 0 Å². The minimum absolute atomic E-state index is 0.0539. The van der Waals surface area contributed by atoms with E-state index in [0.717, 1.165) is 12.8 Å². The molecule has 0 heterocycles. The minimum Gasteiger partial charge on any atom is -0.468 e. The van der Waals surface area contributed by atoms with Crippen LogP contribution in [-0.4, -0.2) is 37.9 Å². The van der Waals surface area contributed by atoms with Gasteiger partial charge in [-0.1, -0.05) is 27.2 Å². The van der Waals surface area contributed by atoms with Crippen molar-refractivity contribution in [1.29, 1.82) is 0 Å². The first kappa shape index (κ1) is 19.8. The Balaban J connectivity index is 1.92. The highest BCUT2D eigenvalue weighted by Crippen LogP contribution is 2.64. The van der Waals surface area contributed by atoms with Crippen LogP contribution in [-0.2, 0) is 23.8 Å². The van der Waals surface area contributed by atoms with Crippen LogP contribution < -0.4 is 0 Å². The van der Waals surface area contributed by atoms with Crippen LogP contribution in [0.2, 0.25) is 0 Å². The van der Waals surface area contributed by atoms with Gasteiger partial charge in [-0.3, -0.25) is 9.59 Å². The topological polar surface area (TPSA) is 61.8 Å². The number of Topliss-reactive ketones (excluding diaryl/α,β-unsaturated/α-hetero) is 1. The van der Waals surface area contributed by atoms with Gasteiger partial charge in [-0.05, 0) is 43.4 Å². The predicted molar refractivity (Wildman–Crippen MR) is 97.4 cm³/mol. The summed E-state index contributed by atoms with van der Waals surface area (Å²) in [6, 6.07) is 0. The second kappa shape index (κ2) is 7.23. The molecule has 0 aliphatic heterocycles. The van der Waals surface area contributed by atoms with Gasteiger partial charge in [0.25, 0.3) is 0 Å². The molecule has 3 rings (SSSR count). The van der Waals surface area contributed by atoms with Crippen molar-refractivity contribution < 1.29 is 23.8 Å². The molecule has 5 nitrogen and oxygen atoms in total. The number of methoxy groups -OCH3 is 2. The number of carbonyl (C=O) groups is 2. The molecule has 3 aliphatic carbocycles. The molecule has 5 heteroatoms. The van der Waals surface area contributed by atoms with Gasteiger partial charge in [0.15, 0.2) is 5.79 Å². The Bertz CT molecular complexity index is 559. The number of carbonyl (C=O) groups excluding carboxylic acids is 2. The molecule has 26 heavy (non-hydrogen) atoms. The summed E-state index contributed by atoms with van der Waals surface area (Å²) < 4.78 is 17.7. The van der Waals surface area contributed by atoms with Gasteiger partial charge in [0.05, 0.1) is 13.2 Å². The number of hydrogen-bond donors (Lipinski definition) is 0. The normalized spacial score (nSPS) is 42.9. The lowest BCUT2D eigenvalue weighted by atomic mass is 9.48. The fourth-order valence-corrected chi connectivity index (χ4v) is 5.77. The Morgan fingerprint density at radius 1 is 1.23 bits per heavy atom. The van der Waals surface area contributed by atoms with Gasteiger partial charge < -0.3 is 14.2 Å². The third kappa shape index (κ3) is 2.82. The zero-order valence-electron chi connectivity index (χ0n) is 16.9. The van der Waals surface area contributed by atoms with E-state index in [1.54, 1.807) is 7.11 Å². The molecule has 0 aromatic carbocycles. The first-order chi connectivity index (χ1) is 12.3. The Hall–Kier alpha value is -0.940. The van der Waals surface area contributed by atoms with Gasteiger partial charge in [-0.15, -0.1) is 0 Å². The van der Waals surface area contributed by atoms with Gasteiger partial charge in [0, 0.05) is 25.9 Å². The first-order valence-electron chi connectivity index (χ1n) is 10.2. The highest BCUT2D eigenvalue weighted by atomic mass is 16.7. The third-order valence-corrected chi connectivity index (χ3v) is 7.31. The molecule has 0 spiro atoms. The van der Waals surface area contributed by atoms with E-state index < -0.39 is 11.2 Å². The standard InChI is InChI=1S/C21H34O5/c1-13(2)15-9-8-14(3)11-18(15)26-21(25-5)12-16-17(22)7-6-10-20(16,21)19(23)24-4/h13-16,18H,6-12H2,1-5H3/t14-,15+,16-,18-,20+,21-/m1/s1. The number of fused-ring (bicyclic) bond motifs is 1. The second-order valence-electron chi connectivity index (χ2n) is 8.98. The molecule has 0 radical (unpaired) electrons. The van der Waals surface area contributed by atoms with Crippen molar-refractivity contribution in [2.24, 2.45) is 29.1 Å².